The molecule has 0 radical (unpaired) electrons. The fourth-order valence-electron chi connectivity index (χ4n) is 3.91. The van der Waals surface area contributed by atoms with Crippen LogP contribution in [0.5, 0.6) is 5.75 Å². The Labute approximate surface area is 169 Å². The minimum atomic E-state index is -3.45. The van der Waals surface area contributed by atoms with Crippen LogP contribution in [0.1, 0.15) is 13.8 Å². The molecule has 2 aliphatic rings. The number of piperazine rings is 1. The Morgan fingerprint density at radius 2 is 1.75 bits per heavy atom. The molecule has 0 amide bonds. The normalized spacial score (nSPS) is 23.2. The molecule has 1 aromatic carbocycles. The highest BCUT2D eigenvalue weighted by molar-refractivity contribution is 7.89. The largest absolute Gasteiger partial charge is 0.497 e. The average molecular weight is 412 g/mol. The van der Waals surface area contributed by atoms with E-state index in [1.54, 1.807) is 35.7 Å². The number of sulfonamides is 1. The van der Waals surface area contributed by atoms with Gasteiger partial charge in [-0.15, -0.1) is 0 Å². The number of methoxy groups -OCH3 is 1. The van der Waals surface area contributed by atoms with E-state index in [2.05, 4.69) is 23.6 Å². The number of rotatable bonds is 7. The molecule has 7 nitrogen and oxygen atoms in total. The van der Waals surface area contributed by atoms with E-state index >= 15 is 0 Å². The van der Waals surface area contributed by atoms with Gasteiger partial charge in [0.15, 0.2) is 0 Å². The number of nitrogens with zero attached hydrogens (tertiary/aromatic N) is 3. The standard InChI is InChI=1S/C20H33N3O4S/c1-17(2)14-22-12-13-27-19(16-22)15-21-8-10-23(11-9-21)28(24,25)20-6-4-18(26-3)5-7-20/h4-7,17,19H,8-16H2,1-3H3/t19-/m0/s1. The van der Waals surface area contributed by atoms with Gasteiger partial charge in [0, 0.05) is 52.4 Å². The Balaban J connectivity index is 1.51. The van der Waals surface area contributed by atoms with E-state index in [0.29, 0.717) is 29.7 Å². The van der Waals surface area contributed by atoms with Gasteiger partial charge in [0.25, 0.3) is 0 Å². The molecular weight excluding hydrogens is 378 g/mol. The summed E-state index contributed by atoms with van der Waals surface area (Å²) in [6.07, 6.45) is 0.206. The first-order valence-electron chi connectivity index (χ1n) is 10.1. The Bertz CT molecular complexity index is 715. The van der Waals surface area contributed by atoms with Gasteiger partial charge in [0.1, 0.15) is 5.75 Å². The first-order valence-corrected chi connectivity index (χ1v) is 11.5. The van der Waals surface area contributed by atoms with Crippen molar-refractivity contribution in [3.05, 3.63) is 24.3 Å². The van der Waals surface area contributed by atoms with Crippen LogP contribution in [-0.4, -0.2) is 94.7 Å². The summed E-state index contributed by atoms with van der Waals surface area (Å²) in [5.74, 6) is 1.31. The van der Waals surface area contributed by atoms with Crippen LogP contribution < -0.4 is 4.74 Å². The lowest BCUT2D eigenvalue weighted by Crippen LogP contribution is -2.53. The van der Waals surface area contributed by atoms with Crippen LogP contribution in [0.3, 0.4) is 0 Å². The van der Waals surface area contributed by atoms with Crippen LogP contribution in [0, 0.1) is 5.92 Å². The lowest BCUT2D eigenvalue weighted by Gasteiger charge is -2.39. The molecule has 1 aromatic rings. The number of benzene rings is 1. The SMILES string of the molecule is COc1ccc(S(=O)(=O)N2CCN(C[C@H]3CN(CC(C)C)CCO3)CC2)cc1. The Kier molecular flexibility index (Phi) is 7.33. The van der Waals surface area contributed by atoms with E-state index in [9.17, 15) is 8.42 Å². The van der Waals surface area contributed by atoms with Gasteiger partial charge in [0.05, 0.1) is 24.7 Å². The summed E-state index contributed by atoms with van der Waals surface area (Å²) in [4.78, 5) is 5.12. The van der Waals surface area contributed by atoms with E-state index < -0.39 is 10.0 Å². The predicted molar refractivity (Wildman–Crippen MR) is 109 cm³/mol. The minimum absolute atomic E-state index is 0.206. The zero-order valence-electron chi connectivity index (χ0n) is 17.2. The zero-order valence-corrected chi connectivity index (χ0v) is 18.0. The van der Waals surface area contributed by atoms with Crippen molar-refractivity contribution in [3.63, 3.8) is 0 Å². The van der Waals surface area contributed by atoms with Gasteiger partial charge in [-0.2, -0.15) is 4.31 Å². The molecule has 0 saturated carbocycles. The molecule has 2 aliphatic heterocycles. The summed E-state index contributed by atoms with van der Waals surface area (Å²) in [6.45, 7) is 11.7. The fourth-order valence-corrected chi connectivity index (χ4v) is 5.33. The van der Waals surface area contributed by atoms with Gasteiger partial charge in [0.2, 0.25) is 10.0 Å². The minimum Gasteiger partial charge on any atom is -0.497 e. The van der Waals surface area contributed by atoms with E-state index in [4.69, 9.17) is 9.47 Å². The number of ether oxygens (including phenoxy) is 2. The Hall–Kier alpha value is -1.19. The quantitative estimate of drug-likeness (QED) is 0.675. The van der Waals surface area contributed by atoms with Crippen molar-refractivity contribution in [2.75, 3.05) is 66.1 Å². The lowest BCUT2D eigenvalue weighted by atomic mass is 10.1. The van der Waals surface area contributed by atoms with Gasteiger partial charge in [-0.1, -0.05) is 13.8 Å². The van der Waals surface area contributed by atoms with Gasteiger partial charge < -0.3 is 9.47 Å². The van der Waals surface area contributed by atoms with Crippen molar-refractivity contribution >= 4 is 10.0 Å². The van der Waals surface area contributed by atoms with Crippen LogP contribution in [-0.2, 0) is 14.8 Å². The van der Waals surface area contributed by atoms with Crippen molar-refractivity contribution in [2.24, 2.45) is 5.92 Å². The molecule has 8 heteroatoms. The van der Waals surface area contributed by atoms with Gasteiger partial charge in [-0.25, -0.2) is 8.42 Å². The monoisotopic (exact) mass is 411 g/mol. The third-order valence-electron chi connectivity index (χ3n) is 5.34. The third-order valence-corrected chi connectivity index (χ3v) is 7.25. The molecule has 0 N–H and O–H groups in total. The molecule has 28 heavy (non-hydrogen) atoms. The van der Waals surface area contributed by atoms with Crippen molar-refractivity contribution in [1.82, 2.24) is 14.1 Å². The van der Waals surface area contributed by atoms with Crippen molar-refractivity contribution in [2.45, 2.75) is 24.8 Å². The summed E-state index contributed by atoms with van der Waals surface area (Å²) in [6, 6.07) is 6.60. The predicted octanol–water partition coefficient (Wildman–Crippen LogP) is 1.36. The number of morpholine rings is 1. The molecule has 3 rings (SSSR count). The topological polar surface area (TPSA) is 62.3 Å². The number of hydrogen-bond acceptors (Lipinski definition) is 6. The molecule has 0 unspecified atom stereocenters. The van der Waals surface area contributed by atoms with Gasteiger partial charge in [-0.05, 0) is 30.2 Å². The Morgan fingerprint density at radius 3 is 2.36 bits per heavy atom. The molecule has 0 aliphatic carbocycles. The summed E-state index contributed by atoms with van der Waals surface area (Å²) >= 11 is 0. The molecule has 1 atom stereocenters. The van der Waals surface area contributed by atoms with Crippen LogP contribution in [0.2, 0.25) is 0 Å². The number of hydrogen-bond donors (Lipinski definition) is 0. The molecule has 158 valence electrons. The summed E-state index contributed by atoms with van der Waals surface area (Å²) < 4.78 is 38.4. The second-order valence-corrected chi connectivity index (χ2v) is 9.96. The molecule has 2 heterocycles. The Morgan fingerprint density at radius 1 is 1.07 bits per heavy atom. The smallest absolute Gasteiger partial charge is 0.243 e. The third kappa shape index (κ3) is 5.45. The van der Waals surface area contributed by atoms with Crippen LogP contribution >= 0.6 is 0 Å². The lowest BCUT2D eigenvalue weighted by molar-refractivity contribution is -0.0486. The first-order chi connectivity index (χ1) is 13.4. The highest BCUT2D eigenvalue weighted by atomic mass is 32.2. The summed E-state index contributed by atoms with van der Waals surface area (Å²) in [5.41, 5.74) is 0. The van der Waals surface area contributed by atoms with E-state index in [0.717, 1.165) is 45.9 Å². The van der Waals surface area contributed by atoms with Crippen molar-refractivity contribution in [3.8, 4) is 5.75 Å². The van der Waals surface area contributed by atoms with Crippen molar-refractivity contribution < 1.29 is 17.9 Å². The molecule has 0 bridgehead atoms. The second kappa shape index (κ2) is 9.54. The second-order valence-electron chi connectivity index (χ2n) is 8.03. The zero-order chi connectivity index (χ0) is 20.1. The maximum Gasteiger partial charge on any atom is 0.243 e. The van der Waals surface area contributed by atoms with Crippen LogP contribution in [0.4, 0.5) is 0 Å². The van der Waals surface area contributed by atoms with E-state index in [-0.39, 0.29) is 6.10 Å². The highest BCUT2D eigenvalue weighted by Gasteiger charge is 2.30. The summed E-state index contributed by atoms with van der Waals surface area (Å²) in [5, 5.41) is 0. The molecule has 2 saturated heterocycles. The van der Waals surface area contributed by atoms with Gasteiger partial charge >= 0.3 is 0 Å². The van der Waals surface area contributed by atoms with E-state index in [1.165, 1.54) is 0 Å². The maximum atomic E-state index is 12.9. The van der Waals surface area contributed by atoms with Crippen LogP contribution in [0.25, 0.3) is 0 Å². The first kappa shape index (κ1) is 21.5. The molecule has 0 spiro atoms. The highest BCUT2D eigenvalue weighted by Crippen LogP contribution is 2.21. The van der Waals surface area contributed by atoms with Crippen molar-refractivity contribution in [1.29, 1.82) is 0 Å². The molecule has 0 aromatic heterocycles. The van der Waals surface area contributed by atoms with E-state index in [1.807, 2.05) is 0 Å². The average Bonchev–Trinajstić information content (AvgIpc) is 2.68. The molecule has 2 fully saturated rings. The molecular formula is C20H33N3O4S. The maximum absolute atomic E-state index is 12.9. The van der Waals surface area contributed by atoms with Crippen LogP contribution in [0.15, 0.2) is 29.2 Å². The summed E-state index contributed by atoms with van der Waals surface area (Å²) in [7, 11) is -1.88. The fraction of sp³-hybridized carbons (Fsp3) is 0.700. The van der Waals surface area contributed by atoms with Gasteiger partial charge in [-0.3, -0.25) is 9.80 Å².